The number of nitrogens with zero attached hydrogens (tertiary/aromatic N) is 2. The van der Waals surface area contributed by atoms with Gasteiger partial charge in [-0.2, -0.15) is 0 Å². The van der Waals surface area contributed by atoms with Gasteiger partial charge in [-0.15, -0.1) is 10.2 Å². The summed E-state index contributed by atoms with van der Waals surface area (Å²) in [6.07, 6.45) is -0.0322. The van der Waals surface area contributed by atoms with Crippen molar-refractivity contribution in [1.82, 2.24) is 10.2 Å². The Hall–Kier alpha value is -2.48. The van der Waals surface area contributed by atoms with Crippen LogP contribution in [-0.4, -0.2) is 28.0 Å². The van der Waals surface area contributed by atoms with Gasteiger partial charge in [0.25, 0.3) is 5.91 Å². The number of anilines is 1. The van der Waals surface area contributed by atoms with Gasteiger partial charge in [-0.3, -0.25) is 14.9 Å². The van der Waals surface area contributed by atoms with E-state index < -0.39 is 6.10 Å². The van der Waals surface area contributed by atoms with Gasteiger partial charge in [0.1, 0.15) is 10.8 Å². The monoisotopic (exact) mass is 449 g/mol. The van der Waals surface area contributed by atoms with E-state index in [1.54, 1.807) is 31.2 Å². The van der Waals surface area contributed by atoms with Gasteiger partial charge in [0.15, 0.2) is 11.9 Å². The molecule has 3 aromatic rings. The fraction of sp³-hybridized carbons (Fsp3) is 0.200. The molecule has 0 aliphatic rings. The quantitative estimate of drug-likeness (QED) is 0.485. The molecule has 0 bridgehead atoms. The number of amides is 1. The number of Topliss-reactive ketones (excluding diaryl/α,β-unsaturated/α-hetero) is 1. The van der Waals surface area contributed by atoms with Crippen molar-refractivity contribution in [2.24, 2.45) is 0 Å². The third-order valence-corrected chi connectivity index (χ3v) is 5.35. The molecule has 0 saturated carbocycles. The van der Waals surface area contributed by atoms with Crippen LogP contribution in [0.2, 0.25) is 10.0 Å². The maximum atomic E-state index is 12.3. The van der Waals surface area contributed by atoms with Crippen LogP contribution in [0.4, 0.5) is 5.13 Å². The van der Waals surface area contributed by atoms with E-state index in [4.69, 9.17) is 27.9 Å². The third-order valence-electron chi connectivity index (χ3n) is 3.93. The molecule has 0 aliphatic heterocycles. The van der Waals surface area contributed by atoms with Crippen molar-refractivity contribution in [3.63, 3.8) is 0 Å². The van der Waals surface area contributed by atoms with E-state index >= 15 is 0 Å². The molecule has 3 rings (SSSR count). The van der Waals surface area contributed by atoms with E-state index in [0.717, 1.165) is 0 Å². The van der Waals surface area contributed by atoms with Crippen LogP contribution in [-0.2, 0) is 11.2 Å². The van der Waals surface area contributed by atoms with Gasteiger partial charge in [0, 0.05) is 23.4 Å². The maximum Gasteiger partial charge on any atom is 0.266 e. The van der Waals surface area contributed by atoms with Crippen LogP contribution < -0.4 is 10.1 Å². The summed E-state index contributed by atoms with van der Waals surface area (Å²) in [6.45, 7) is 1.60. The Labute approximate surface area is 181 Å². The number of benzene rings is 2. The Bertz CT molecular complexity index is 1010. The van der Waals surface area contributed by atoms with Gasteiger partial charge in [-0.25, -0.2) is 0 Å². The molecule has 1 unspecified atom stereocenters. The lowest BCUT2D eigenvalue weighted by molar-refractivity contribution is -0.122. The number of aryl methyl sites for hydroxylation is 1. The first kappa shape index (κ1) is 21.2. The third kappa shape index (κ3) is 6.00. The summed E-state index contributed by atoms with van der Waals surface area (Å²) in [4.78, 5) is 24.5. The van der Waals surface area contributed by atoms with Gasteiger partial charge in [-0.05, 0) is 25.1 Å². The van der Waals surface area contributed by atoms with Crippen molar-refractivity contribution in [2.75, 3.05) is 5.32 Å². The van der Waals surface area contributed by atoms with Gasteiger partial charge < -0.3 is 4.74 Å². The zero-order valence-electron chi connectivity index (χ0n) is 15.4. The van der Waals surface area contributed by atoms with Crippen molar-refractivity contribution in [3.8, 4) is 5.75 Å². The number of carbonyl (C=O) groups is 2. The molecule has 1 N–H and O–H groups in total. The molecule has 0 spiro atoms. The molecule has 29 heavy (non-hydrogen) atoms. The minimum absolute atomic E-state index is 0.0354. The van der Waals surface area contributed by atoms with E-state index in [-0.39, 0.29) is 11.7 Å². The minimum atomic E-state index is -0.805. The van der Waals surface area contributed by atoms with Crippen molar-refractivity contribution in [3.05, 3.63) is 69.1 Å². The van der Waals surface area contributed by atoms with Crippen LogP contribution >= 0.6 is 34.5 Å². The Morgan fingerprint density at radius 1 is 1.14 bits per heavy atom. The number of aromatic nitrogens is 2. The van der Waals surface area contributed by atoms with Crippen LogP contribution in [0.25, 0.3) is 0 Å². The highest BCUT2D eigenvalue weighted by Gasteiger charge is 2.18. The predicted octanol–water partition coefficient (Wildman–Crippen LogP) is 5.07. The van der Waals surface area contributed by atoms with Crippen LogP contribution in [0.1, 0.15) is 28.7 Å². The summed E-state index contributed by atoms with van der Waals surface area (Å²) in [5.74, 6) is 0.00317. The molecule has 0 fully saturated rings. The second-order valence-electron chi connectivity index (χ2n) is 6.11. The molecule has 2 aromatic carbocycles. The molecule has 1 aromatic heterocycles. The number of carbonyl (C=O) groups excluding carboxylic acids is 2. The first-order valence-corrected chi connectivity index (χ1v) is 10.3. The SMILES string of the molecule is CC(Oc1ccc(Cl)cc1Cl)C(=O)Nc1nnc(CCC(=O)c2ccccc2)s1. The fourth-order valence-electron chi connectivity index (χ4n) is 2.42. The largest absolute Gasteiger partial charge is 0.479 e. The lowest BCUT2D eigenvalue weighted by atomic mass is 10.1. The summed E-state index contributed by atoms with van der Waals surface area (Å²) in [6, 6.07) is 13.8. The number of hydrogen-bond donors (Lipinski definition) is 1. The Balaban J connectivity index is 1.52. The van der Waals surface area contributed by atoms with Crippen molar-refractivity contribution < 1.29 is 14.3 Å². The highest BCUT2D eigenvalue weighted by atomic mass is 35.5. The molecule has 9 heteroatoms. The molecular formula is C20H17Cl2N3O3S. The molecule has 6 nitrogen and oxygen atoms in total. The number of nitrogens with one attached hydrogen (secondary N) is 1. The smallest absolute Gasteiger partial charge is 0.266 e. The van der Waals surface area contributed by atoms with E-state index in [0.29, 0.717) is 44.3 Å². The number of rotatable bonds is 8. The summed E-state index contributed by atoms with van der Waals surface area (Å²) < 4.78 is 5.58. The van der Waals surface area contributed by atoms with Gasteiger partial charge >= 0.3 is 0 Å². The second-order valence-corrected chi connectivity index (χ2v) is 8.02. The van der Waals surface area contributed by atoms with Crippen LogP contribution in [0.3, 0.4) is 0 Å². The predicted molar refractivity (Wildman–Crippen MR) is 114 cm³/mol. The molecule has 0 aliphatic carbocycles. The van der Waals surface area contributed by atoms with E-state index in [9.17, 15) is 9.59 Å². The Morgan fingerprint density at radius 2 is 1.90 bits per heavy atom. The van der Waals surface area contributed by atoms with Gasteiger partial charge in [0.2, 0.25) is 5.13 Å². The Kier molecular flexibility index (Phi) is 7.19. The standard InChI is InChI=1S/C20H17Cl2N3O3S/c1-12(28-17-9-7-14(21)11-15(17)22)19(27)23-20-25-24-18(29-20)10-8-16(26)13-5-3-2-4-6-13/h2-7,9,11-12H,8,10H2,1H3,(H,23,25,27). The molecule has 0 radical (unpaired) electrons. The molecule has 150 valence electrons. The maximum absolute atomic E-state index is 12.3. The molecular weight excluding hydrogens is 433 g/mol. The lowest BCUT2D eigenvalue weighted by Crippen LogP contribution is -2.30. The first-order chi connectivity index (χ1) is 13.9. The van der Waals surface area contributed by atoms with Crippen LogP contribution in [0.15, 0.2) is 48.5 Å². The summed E-state index contributed by atoms with van der Waals surface area (Å²) in [7, 11) is 0. The summed E-state index contributed by atoms with van der Waals surface area (Å²) in [5, 5.41) is 12.4. The Morgan fingerprint density at radius 3 is 2.62 bits per heavy atom. The summed E-state index contributed by atoms with van der Waals surface area (Å²) in [5.41, 5.74) is 0.664. The number of ketones is 1. The average Bonchev–Trinajstić information content (AvgIpc) is 3.16. The molecule has 1 atom stereocenters. The van der Waals surface area contributed by atoms with Crippen molar-refractivity contribution in [1.29, 1.82) is 0 Å². The van der Waals surface area contributed by atoms with E-state index in [2.05, 4.69) is 15.5 Å². The zero-order valence-corrected chi connectivity index (χ0v) is 17.7. The molecule has 1 amide bonds. The van der Waals surface area contributed by atoms with Gasteiger partial charge in [0.05, 0.1) is 5.02 Å². The molecule has 0 saturated heterocycles. The van der Waals surface area contributed by atoms with E-state index in [1.165, 1.54) is 17.4 Å². The van der Waals surface area contributed by atoms with Crippen molar-refractivity contribution >= 4 is 51.4 Å². The second kappa shape index (κ2) is 9.82. The minimum Gasteiger partial charge on any atom is -0.479 e. The number of hydrogen-bond acceptors (Lipinski definition) is 6. The van der Waals surface area contributed by atoms with E-state index in [1.807, 2.05) is 18.2 Å². The molecule has 1 heterocycles. The highest BCUT2D eigenvalue weighted by molar-refractivity contribution is 7.15. The zero-order chi connectivity index (χ0) is 20.8. The van der Waals surface area contributed by atoms with Crippen molar-refractivity contribution in [2.45, 2.75) is 25.9 Å². The summed E-state index contributed by atoms with van der Waals surface area (Å²) >= 11 is 13.1. The fourth-order valence-corrected chi connectivity index (χ4v) is 3.61. The first-order valence-electron chi connectivity index (χ1n) is 8.75. The highest BCUT2D eigenvalue weighted by Crippen LogP contribution is 2.28. The lowest BCUT2D eigenvalue weighted by Gasteiger charge is -2.14. The van der Waals surface area contributed by atoms with Gasteiger partial charge in [-0.1, -0.05) is 64.9 Å². The van der Waals surface area contributed by atoms with Crippen LogP contribution in [0, 0.1) is 0 Å². The normalized spacial score (nSPS) is 11.7. The number of ether oxygens (including phenoxy) is 1. The number of halogens is 2. The topological polar surface area (TPSA) is 81.2 Å². The van der Waals surface area contributed by atoms with Crippen LogP contribution in [0.5, 0.6) is 5.75 Å². The average molecular weight is 450 g/mol.